The largest absolute Gasteiger partial charge is 0.330 e. The molecular weight excluding hydrogens is 232 g/mol. The van der Waals surface area contributed by atoms with E-state index in [9.17, 15) is 8.78 Å². The molecule has 2 aromatic rings. The van der Waals surface area contributed by atoms with Crippen LogP contribution in [0.15, 0.2) is 54.6 Å². The summed E-state index contributed by atoms with van der Waals surface area (Å²) in [7, 11) is 0. The standard InChI is InChI=1S/C15H15F2N/c16-15(17)14(10-18)13-9-5-4-8-12(13)11-6-2-1-3-7-11/h1-9,14-15H,10,18H2. The maximum absolute atomic E-state index is 13.0. The summed E-state index contributed by atoms with van der Waals surface area (Å²) >= 11 is 0. The Balaban J connectivity index is 2.49. The molecule has 0 spiro atoms. The van der Waals surface area contributed by atoms with Crippen LogP contribution in [0, 0.1) is 0 Å². The molecule has 2 rings (SSSR count). The van der Waals surface area contributed by atoms with Crippen LogP contribution in [0.3, 0.4) is 0 Å². The molecule has 0 amide bonds. The Bertz CT molecular complexity index is 497. The van der Waals surface area contributed by atoms with Crippen LogP contribution in [-0.4, -0.2) is 13.0 Å². The van der Waals surface area contributed by atoms with Gasteiger partial charge in [0.25, 0.3) is 0 Å². The SMILES string of the molecule is NCC(c1ccccc1-c1ccccc1)C(F)F. The Morgan fingerprint density at radius 3 is 2.11 bits per heavy atom. The van der Waals surface area contributed by atoms with E-state index in [-0.39, 0.29) is 6.54 Å². The van der Waals surface area contributed by atoms with Crippen molar-refractivity contribution in [3.05, 3.63) is 60.2 Å². The number of nitrogens with two attached hydrogens (primary N) is 1. The number of benzene rings is 2. The van der Waals surface area contributed by atoms with Gasteiger partial charge in [-0.2, -0.15) is 0 Å². The fourth-order valence-electron chi connectivity index (χ4n) is 2.07. The molecule has 0 aliphatic rings. The van der Waals surface area contributed by atoms with Crippen LogP contribution in [0.25, 0.3) is 11.1 Å². The molecule has 0 radical (unpaired) electrons. The predicted octanol–water partition coefficient (Wildman–Crippen LogP) is 3.66. The van der Waals surface area contributed by atoms with Crippen LogP contribution in [0.1, 0.15) is 11.5 Å². The molecule has 0 aliphatic heterocycles. The molecule has 1 nitrogen and oxygen atoms in total. The lowest BCUT2D eigenvalue weighted by molar-refractivity contribution is 0.117. The minimum atomic E-state index is -2.44. The zero-order valence-corrected chi connectivity index (χ0v) is 9.89. The molecule has 18 heavy (non-hydrogen) atoms. The number of hydrogen-bond donors (Lipinski definition) is 1. The summed E-state index contributed by atoms with van der Waals surface area (Å²) in [5.41, 5.74) is 7.85. The lowest BCUT2D eigenvalue weighted by Crippen LogP contribution is -2.20. The first kappa shape index (κ1) is 12.7. The number of alkyl halides is 2. The molecule has 0 heterocycles. The molecule has 94 valence electrons. The molecule has 1 atom stereocenters. The molecule has 3 heteroatoms. The van der Waals surface area contributed by atoms with Crippen molar-refractivity contribution < 1.29 is 8.78 Å². The van der Waals surface area contributed by atoms with Gasteiger partial charge in [-0.15, -0.1) is 0 Å². The van der Waals surface area contributed by atoms with Crippen LogP contribution in [0.2, 0.25) is 0 Å². The third-order valence-electron chi connectivity index (χ3n) is 3.00. The van der Waals surface area contributed by atoms with Crippen molar-refractivity contribution in [2.75, 3.05) is 6.54 Å². The monoisotopic (exact) mass is 247 g/mol. The second kappa shape index (κ2) is 5.74. The van der Waals surface area contributed by atoms with Gasteiger partial charge in [0, 0.05) is 6.54 Å². The molecule has 0 saturated carbocycles. The summed E-state index contributed by atoms with van der Waals surface area (Å²) in [5, 5.41) is 0. The molecule has 0 aliphatic carbocycles. The Morgan fingerprint density at radius 2 is 1.50 bits per heavy atom. The third-order valence-corrected chi connectivity index (χ3v) is 3.00. The van der Waals surface area contributed by atoms with Crippen LogP contribution in [0.5, 0.6) is 0 Å². The second-order valence-electron chi connectivity index (χ2n) is 4.13. The molecule has 0 saturated heterocycles. The highest BCUT2D eigenvalue weighted by atomic mass is 19.3. The normalized spacial score (nSPS) is 12.7. The minimum Gasteiger partial charge on any atom is -0.330 e. The summed E-state index contributed by atoms with van der Waals surface area (Å²) in [6.45, 7) is -0.0541. The van der Waals surface area contributed by atoms with Gasteiger partial charge in [-0.05, 0) is 16.7 Å². The first-order valence-electron chi connectivity index (χ1n) is 5.86. The predicted molar refractivity (Wildman–Crippen MR) is 69.7 cm³/mol. The van der Waals surface area contributed by atoms with Crippen molar-refractivity contribution in [2.45, 2.75) is 12.3 Å². The minimum absolute atomic E-state index is 0.0541. The average molecular weight is 247 g/mol. The molecule has 0 aromatic heterocycles. The fraction of sp³-hybridized carbons (Fsp3) is 0.200. The number of halogens is 2. The Hall–Kier alpha value is -1.74. The topological polar surface area (TPSA) is 26.0 Å². The highest BCUT2D eigenvalue weighted by Gasteiger charge is 2.23. The molecule has 0 fully saturated rings. The van der Waals surface area contributed by atoms with Gasteiger partial charge < -0.3 is 5.73 Å². The zero-order chi connectivity index (χ0) is 13.0. The summed E-state index contributed by atoms with van der Waals surface area (Å²) < 4.78 is 26.0. The first-order chi connectivity index (χ1) is 8.74. The summed E-state index contributed by atoms with van der Waals surface area (Å²) in [6.07, 6.45) is -2.44. The van der Waals surface area contributed by atoms with E-state index >= 15 is 0 Å². The molecule has 2 N–H and O–H groups in total. The Kier molecular flexibility index (Phi) is 4.05. The van der Waals surface area contributed by atoms with Gasteiger partial charge in [0.15, 0.2) is 0 Å². The summed E-state index contributed by atoms with van der Waals surface area (Å²) in [6, 6.07) is 16.7. The summed E-state index contributed by atoms with van der Waals surface area (Å²) in [5.74, 6) is -0.915. The van der Waals surface area contributed by atoms with Crippen LogP contribution in [0.4, 0.5) is 8.78 Å². The Labute approximate surface area is 105 Å². The first-order valence-corrected chi connectivity index (χ1v) is 5.86. The molecule has 0 bridgehead atoms. The third kappa shape index (κ3) is 2.57. The van der Waals surface area contributed by atoms with Gasteiger partial charge in [0.05, 0.1) is 5.92 Å². The van der Waals surface area contributed by atoms with E-state index in [0.29, 0.717) is 5.56 Å². The van der Waals surface area contributed by atoms with E-state index < -0.39 is 12.3 Å². The van der Waals surface area contributed by atoms with E-state index in [2.05, 4.69) is 0 Å². The maximum atomic E-state index is 13.0. The van der Waals surface area contributed by atoms with E-state index in [1.165, 1.54) is 0 Å². The molecule has 2 aromatic carbocycles. The second-order valence-corrected chi connectivity index (χ2v) is 4.13. The van der Waals surface area contributed by atoms with Crippen molar-refractivity contribution in [3.63, 3.8) is 0 Å². The van der Waals surface area contributed by atoms with Crippen molar-refractivity contribution in [1.82, 2.24) is 0 Å². The van der Waals surface area contributed by atoms with E-state index in [0.717, 1.165) is 11.1 Å². The quantitative estimate of drug-likeness (QED) is 0.876. The van der Waals surface area contributed by atoms with Crippen molar-refractivity contribution >= 4 is 0 Å². The van der Waals surface area contributed by atoms with E-state index in [1.807, 2.05) is 42.5 Å². The Morgan fingerprint density at radius 1 is 0.889 bits per heavy atom. The van der Waals surface area contributed by atoms with Gasteiger partial charge in [-0.1, -0.05) is 54.6 Å². The maximum Gasteiger partial charge on any atom is 0.246 e. The van der Waals surface area contributed by atoms with E-state index in [1.54, 1.807) is 12.1 Å². The smallest absolute Gasteiger partial charge is 0.246 e. The van der Waals surface area contributed by atoms with Gasteiger partial charge in [-0.3, -0.25) is 0 Å². The van der Waals surface area contributed by atoms with Crippen molar-refractivity contribution in [1.29, 1.82) is 0 Å². The number of rotatable bonds is 4. The molecular formula is C15H15F2N. The van der Waals surface area contributed by atoms with Gasteiger partial charge in [0.1, 0.15) is 0 Å². The van der Waals surface area contributed by atoms with Crippen LogP contribution < -0.4 is 5.73 Å². The lowest BCUT2D eigenvalue weighted by Gasteiger charge is -2.18. The van der Waals surface area contributed by atoms with Crippen molar-refractivity contribution in [2.24, 2.45) is 5.73 Å². The fourth-order valence-corrected chi connectivity index (χ4v) is 2.07. The number of hydrogen-bond acceptors (Lipinski definition) is 1. The van der Waals surface area contributed by atoms with E-state index in [4.69, 9.17) is 5.73 Å². The van der Waals surface area contributed by atoms with Crippen molar-refractivity contribution in [3.8, 4) is 11.1 Å². The molecule has 1 unspecified atom stereocenters. The van der Waals surface area contributed by atoms with Crippen LogP contribution in [-0.2, 0) is 0 Å². The lowest BCUT2D eigenvalue weighted by atomic mass is 9.91. The van der Waals surface area contributed by atoms with Gasteiger partial charge in [0.2, 0.25) is 6.43 Å². The van der Waals surface area contributed by atoms with Gasteiger partial charge in [-0.25, -0.2) is 8.78 Å². The zero-order valence-electron chi connectivity index (χ0n) is 9.89. The average Bonchev–Trinajstić information content (AvgIpc) is 2.41. The van der Waals surface area contributed by atoms with Gasteiger partial charge >= 0.3 is 0 Å². The summed E-state index contributed by atoms with van der Waals surface area (Å²) in [4.78, 5) is 0. The highest BCUT2D eigenvalue weighted by Crippen LogP contribution is 2.31. The highest BCUT2D eigenvalue weighted by molar-refractivity contribution is 5.68. The van der Waals surface area contributed by atoms with Crippen LogP contribution >= 0.6 is 0 Å².